The molecule has 32 heavy (non-hydrogen) atoms. The predicted molar refractivity (Wildman–Crippen MR) is 123 cm³/mol. The highest BCUT2D eigenvalue weighted by Gasteiger charge is 2.24. The van der Waals surface area contributed by atoms with E-state index in [4.69, 9.17) is 4.74 Å². The van der Waals surface area contributed by atoms with Gasteiger partial charge in [0.25, 0.3) is 5.91 Å². The minimum absolute atomic E-state index is 0.0673. The van der Waals surface area contributed by atoms with Gasteiger partial charge in [0.15, 0.2) is 0 Å². The SMILES string of the molecule is Cc1nccc(-c2ccc(Cc3cc(C(=O)NC4CCCCC4)nc4c3OCC4)cc2)n1. The Labute approximate surface area is 188 Å². The predicted octanol–water partition coefficient (Wildman–Crippen LogP) is 4.44. The number of ether oxygens (including phenoxy) is 1. The van der Waals surface area contributed by atoms with E-state index in [1.165, 1.54) is 19.3 Å². The molecular formula is C26H28N4O2. The van der Waals surface area contributed by atoms with Gasteiger partial charge in [-0.25, -0.2) is 15.0 Å². The number of pyridine rings is 1. The average molecular weight is 429 g/mol. The van der Waals surface area contributed by atoms with E-state index in [1.807, 2.05) is 19.1 Å². The molecule has 1 aromatic carbocycles. The van der Waals surface area contributed by atoms with Gasteiger partial charge >= 0.3 is 0 Å². The second kappa shape index (κ2) is 9.07. The van der Waals surface area contributed by atoms with Gasteiger partial charge in [-0.15, -0.1) is 0 Å². The largest absolute Gasteiger partial charge is 0.491 e. The first-order chi connectivity index (χ1) is 15.7. The molecule has 3 heterocycles. The van der Waals surface area contributed by atoms with Gasteiger partial charge in [0.1, 0.15) is 17.3 Å². The van der Waals surface area contributed by atoms with Crippen LogP contribution in [0.2, 0.25) is 0 Å². The molecule has 1 N–H and O–H groups in total. The summed E-state index contributed by atoms with van der Waals surface area (Å²) in [5, 5.41) is 3.19. The second-order valence-electron chi connectivity index (χ2n) is 8.71. The van der Waals surface area contributed by atoms with E-state index in [0.29, 0.717) is 18.7 Å². The Morgan fingerprint density at radius 3 is 2.69 bits per heavy atom. The van der Waals surface area contributed by atoms with Gasteiger partial charge in [-0.05, 0) is 37.5 Å². The summed E-state index contributed by atoms with van der Waals surface area (Å²) in [6.07, 6.45) is 8.98. The summed E-state index contributed by atoms with van der Waals surface area (Å²) in [6, 6.07) is 12.5. The minimum atomic E-state index is -0.0673. The molecule has 164 valence electrons. The lowest BCUT2D eigenvalue weighted by Gasteiger charge is -2.22. The summed E-state index contributed by atoms with van der Waals surface area (Å²) in [6.45, 7) is 2.51. The van der Waals surface area contributed by atoms with Crippen LogP contribution in [0, 0.1) is 6.92 Å². The van der Waals surface area contributed by atoms with Gasteiger partial charge in [0.2, 0.25) is 0 Å². The van der Waals surface area contributed by atoms with Crippen molar-refractivity contribution >= 4 is 5.91 Å². The highest BCUT2D eigenvalue weighted by Crippen LogP contribution is 2.31. The first-order valence-corrected chi connectivity index (χ1v) is 11.5. The molecule has 3 aromatic rings. The lowest BCUT2D eigenvalue weighted by atomic mass is 9.95. The molecule has 5 rings (SSSR count). The van der Waals surface area contributed by atoms with E-state index in [-0.39, 0.29) is 11.9 Å². The van der Waals surface area contributed by atoms with E-state index in [0.717, 1.165) is 58.9 Å². The van der Waals surface area contributed by atoms with E-state index in [2.05, 4.69) is 44.5 Å². The van der Waals surface area contributed by atoms with Crippen molar-refractivity contribution in [1.82, 2.24) is 20.3 Å². The van der Waals surface area contributed by atoms with Crippen LogP contribution in [-0.2, 0) is 12.8 Å². The number of aromatic nitrogens is 3. The van der Waals surface area contributed by atoms with Crippen LogP contribution in [0.15, 0.2) is 42.6 Å². The lowest BCUT2D eigenvalue weighted by Crippen LogP contribution is -2.36. The molecule has 1 amide bonds. The molecule has 0 atom stereocenters. The molecular weight excluding hydrogens is 400 g/mol. The van der Waals surface area contributed by atoms with E-state index < -0.39 is 0 Å². The number of nitrogens with zero attached hydrogens (tertiary/aromatic N) is 3. The summed E-state index contributed by atoms with van der Waals surface area (Å²) < 4.78 is 5.88. The maximum Gasteiger partial charge on any atom is 0.270 e. The lowest BCUT2D eigenvalue weighted by molar-refractivity contribution is 0.0922. The number of nitrogens with one attached hydrogen (secondary N) is 1. The summed E-state index contributed by atoms with van der Waals surface area (Å²) in [7, 11) is 0. The molecule has 1 aliphatic carbocycles. The zero-order valence-electron chi connectivity index (χ0n) is 18.4. The number of aryl methyl sites for hydroxylation is 1. The number of rotatable bonds is 5. The van der Waals surface area contributed by atoms with Crippen molar-refractivity contribution in [2.24, 2.45) is 0 Å². The first-order valence-electron chi connectivity index (χ1n) is 11.5. The highest BCUT2D eigenvalue weighted by molar-refractivity contribution is 5.93. The first kappa shape index (κ1) is 20.6. The number of hydrogen-bond acceptors (Lipinski definition) is 5. The zero-order chi connectivity index (χ0) is 21.9. The van der Waals surface area contributed by atoms with Gasteiger partial charge in [-0.3, -0.25) is 4.79 Å². The summed E-state index contributed by atoms with van der Waals surface area (Å²) in [5.41, 5.74) is 5.54. The number of amides is 1. The second-order valence-corrected chi connectivity index (χ2v) is 8.71. The molecule has 2 aliphatic rings. The van der Waals surface area contributed by atoms with Crippen molar-refractivity contribution in [3.63, 3.8) is 0 Å². The summed E-state index contributed by atoms with van der Waals surface area (Å²) in [5.74, 6) is 1.53. The van der Waals surface area contributed by atoms with Gasteiger partial charge in [0, 0.05) is 36.2 Å². The van der Waals surface area contributed by atoms with Crippen molar-refractivity contribution in [1.29, 1.82) is 0 Å². The Balaban J connectivity index is 1.36. The van der Waals surface area contributed by atoms with Crippen LogP contribution in [0.4, 0.5) is 0 Å². The molecule has 1 aliphatic heterocycles. The third-order valence-corrected chi connectivity index (χ3v) is 6.30. The van der Waals surface area contributed by atoms with Crippen LogP contribution < -0.4 is 10.1 Å². The van der Waals surface area contributed by atoms with Crippen LogP contribution in [0.5, 0.6) is 5.75 Å². The van der Waals surface area contributed by atoms with Crippen LogP contribution in [0.1, 0.15) is 65.2 Å². The van der Waals surface area contributed by atoms with Crippen LogP contribution in [0.25, 0.3) is 11.3 Å². The molecule has 0 unspecified atom stereocenters. The fourth-order valence-electron chi connectivity index (χ4n) is 4.62. The molecule has 0 bridgehead atoms. The summed E-state index contributed by atoms with van der Waals surface area (Å²) >= 11 is 0. The maximum absolute atomic E-state index is 12.9. The van der Waals surface area contributed by atoms with E-state index >= 15 is 0 Å². The average Bonchev–Trinajstić information content (AvgIpc) is 3.29. The Hall–Kier alpha value is -3.28. The van der Waals surface area contributed by atoms with Crippen LogP contribution >= 0.6 is 0 Å². The number of fused-ring (bicyclic) bond motifs is 1. The van der Waals surface area contributed by atoms with Crippen molar-refractivity contribution in [2.75, 3.05) is 6.61 Å². The van der Waals surface area contributed by atoms with Crippen molar-refractivity contribution in [2.45, 2.75) is 57.9 Å². The van der Waals surface area contributed by atoms with Crippen LogP contribution in [-0.4, -0.2) is 33.5 Å². The molecule has 2 aromatic heterocycles. The molecule has 0 radical (unpaired) electrons. The molecule has 0 saturated heterocycles. The quantitative estimate of drug-likeness (QED) is 0.650. The Bertz CT molecular complexity index is 1120. The maximum atomic E-state index is 12.9. The molecule has 1 fully saturated rings. The topological polar surface area (TPSA) is 77.0 Å². The fourth-order valence-corrected chi connectivity index (χ4v) is 4.62. The minimum Gasteiger partial charge on any atom is -0.491 e. The number of carbonyl (C=O) groups is 1. The third kappa shape index (κ3) is 4.49. The van der Waals surface area contributed by atoms with Crippen molar-refractivity contribution in [3.05, 3.63) is 70.9 Å². The number of hydrogen-bond donors (Lipinski definition) is 1. The monoisotopic (exact) mass is 428 g/mol. The van der Waals surface area contributed by atoms with Gasteiger partial charge in [-0.1, -0.05) is 43.5 Å². The van der Waals surface area contributed by atoms with Crippen molar-refractivity contribution in [3.8, 4) is 17.0 Å². The summed E-state index contributed by atoms with van der Waals surface area (Å²) in [4.78, 5) is 26.2. The standard InChI is InChI=1S/C26H28N4O2/c1-17-27-13-11-22(28-17)19-9-7-18(8-10-19)15-20-16-24(30-23-12-14-32-25(20)23)26(31)29-21-5-3-2-4-6-21/h7-11,13,16,21H,2-6,12,14-15H2,1H3,(H,29,31). The van der Waals surface area contributed by atoms with Gasteiger partial charge in [0.05, 0.1) is 18.0 Å². The Kier molecular flexibility index (Phi) is 5.84. The smallest absolute Gasteiger partial charge is 0.270 e. The van der Waals surface area contributed by atoms with Crippen LogP contribution in [0.3, 0.4) is 0 Å². The third-order valence-electron chi connectivity index (χ3n) is 6.30. The van der Waals surface area contributed by atoms with Gasteiger partial charge in [-0.2, -0.15) is 0 Å². The van der Waals surface area contributed by atoms with Gasteiger partial charge < -0.3 is 10.1 Å². The molecule has 6 nitrogen and oxygen atoms in total. The Morgan fingerprint density at radius 2 is 1.91 bits per heavy atom. The molecule has 0 spiro atoms. The Morgan fingerprint density at radius 1 is 1.09 bits per heavy atom. The highest BCUT2D eigenvalue weighted by atomic mass is 16.5. The normalized spacial score (nSPS) is 15.8. The van der Waals surface area contributed by atoms with E-state index in [1.54, 1.807) is 6.20 Å². The fraction of sp³-hybridized carbons (Fsp3) is 0.385. The molecule has 6 heteroatoms. The number of benzene rings is 1. The zero-order valence-corrected chi connectivity index (χ0v) is 18.4. The van der Waals surface area contributed by atoms with Crippen molar-refractivity contribution < 1.29 is 9.53 Å². The number of carbonyl (C=O) groups excluding carboxylic acids is 1. The molecule has 1 saturated carbocycles. The van der Waals surface area contributed by atoms with E-state index in [9.17, 15) is 4.79 Å².